The molecule has 3 aromatic heterocycles. The summed E-state index contributed by atoms with van der Waals surface area (Å²) in [5.41, 5.74) is 0.916. The van der Waals surface area contributed by atoms with Gasteiger partial charge in [-0.3, -0.25) is 10.00 Å². The summed E-state index contributed by atoms with van der Waals surface area (Å²) < 4.78 is 8.01. The fourth-order valence-electron chi connectivity index (χ4n) is 3.64. The van der Waals surface area contributed by atoms with E-state index in [1.807, 2.05) is 30.7 Å². The van der Waals surface area contributed by atoms with Crippen LogP contribution in [0, 0.1) is 19.8 Å². The molecule has 7 nitrogen and oxygen atoms in total. The molecule has 1 fully saturated rings. The lowest BCUT2D eigenvalue weighted by atomic mass is 9.98. The molecule has 0 bridgehead atoms. The lowest BCUT2D eigenvalue weighted by Gasteiger charge is -2.32. The molecule has 1 aliphatic rings. The van der Waals surface area contributed by atoms with E-state index in [0.29, 0.717) is 5.92 Å². The van der Waals surface area contributed by atoms with Crippen LogP contribution in [0.15, 0.2) is 28.8 Å². The number of hydrogen-bond donors (Lipinski definition) is 1. The Labute approximate surface area is 147 Å². The third-order valence-corrected chi connectivity index (χ3v) is 4.80. The van der Waals surface area contributed by atoms with Crippen LogP contribution in [0.25, 0.3) is 11.5 Å². The van der Waals surface area contributed by atoms with Crippen LogP contribution in [-0.4, -0.2) is 43.0 Å². The van der Waals surface area contributed by atoms with Gasteiger partial charge in [-0.25, -0.2) is 9.67 Å². The van der Waals surface area contributed by atoms with Crippen molar-refractivity contribution in [2.75, 3.05) is 13.1 Å². The van der Waals surface area contributed by atoms with Crippen molar-refractivity contribution in [1.82, 2.24) is 29.9 Å². The predicted octanol–water partition coefficient (Wildman–Crippen LogP) is 2.79. The Bertz CT molecular complexity index is 819. The first kappa shape index (κ1) is 16.1. The second-order valence-electron chi connectivity index (χ2n) is 6.87. The summed E-state index contributed by atoms with van der Waals surface area (Å²) in [6.45, 7) is 7.95. The first-order valence-electron chi connectivity index (χ1n) is 8.86. The van der Waals surface area contributed by atoms with Crippen molar-refractivity contribution in [1.29, 1.82) is 0 Å². The van der Waals surface area contributed by atoms with Crippen LogP contribution in [0.5, 0.6) is 0 Å². The maximum Gasteiger partial charge on any atom is 0.152 e. The van der Waals surface area contributed by atoms with Crippen LogP contribution in [0.4, 0.5) is 0 Å². The Hall–Kier alpha value is -2.41. The van der Waals surface area contributed by atoms with Crippen molar-refractivity contribution in [2.24, 2.45) is 5.92 Å². The highest BCUT2D eigenvalue weighted by Gasteiger charge is 2.22. The highest BCUT2D eigenvalue weighted by atomic mass is 16.3. The largest absolute Gasteiger partial charge is 0.458 e. The quantitative estimate of drug-likeness (QED) is 0.773. The molecule has 1 atom stereocenters. The van der Waals surface area contributed by atoms with Gasteiger partial charge < -0.3 is 4.42 Å². The molecule has 4 rings (SSSR count). The van der Waals surface area contributed by atoms with Crippen molar-refractivity contribution in [3.05, 3.63) is 41.8 Å². The lowest BCUT2D eigenvalue weighted by Crippen LogP contribution is -2.36. The first-order chi connectivity index (χ1) is 12.2. The van der Waals surface area contributed by atoms with Crippen molar-refractivity contribution in [2.45, 2.75) is 39.8 Å². The van der Waals surface area contributed by atoms with E-state index < -0.39 is 0 Å². The second-order valence-corrected chi connectivity index (χ2v) is 6.87. The standard InChI is InChI=1S/C18H24N6O/c1-13-20-14(2)24(22-13)11-15-4-3-9-23(10-15)12-16-5-6-18(25-16)17-7-8-19-21-17/h5-8,15H,3-4,9-12H2,1-2H3,(H,19,21). The molecule has 1 aliphatic heterocycles. The van der Waals surface area contributed by atoms with Gasteiger partial charge in [-0.05, 0) is 57.4 Å². The van der Waals surface area contributed by atoms with Gasteiger partial charge >= 0.3 is 0 Å². The molecular weight excluding hydrogens is 316 g/mol. The molecule has 4 heterocycles. The van der Waals surface area contributed by atoms with Gasteiger partial charge in [0.05, 0.1) is 6.54 Å². The van der Waals surface area contributed by atoms with E-state index in [9.17, 15) is 0 Å². The molecular formula is C18H24N6O. The second kappa shape index (κ2) is 6.84. The fourth-order valence-corrected chi connectivity index (χ4v) is 3.64. The minimum atomic E-state index is 0.607. The summed E-state index contributed by atoms with van der Waals surface area (Å²) in [6, 6.07) is 5.98. The molecule has 0 aliphatic carbocycles. The molecule has 25 heavy (non-hydrogen) atoms. The van der Waals surface area contributed by atoms with E-state index in [-0.39, 0.29) is 0 Å². The Kier molecular flexibility index (Phi) is 4.40. The smallest absolute Gasteiger partial charge is 0.152 e. The van der Waals surface area contributed by atoms with Crippen molar-refractivity contribution in [3.8, 4) is 11.5 Å². The van der Waals surface area contributed by atoms with Crippen LogP contribution in [-0.2, 0) is 13.1 Å². The molecule has 1 unspecified atom stereocenters. The van der Waals surface area contributed by atoms with E-state index >= 15 is 0 Å². The molecule has 0 spiro atoms. The number of likely N-dealkylation sites (tertiary alicyclic amines) is 1. The van der Waals surface area contributed by atoms with Crippen LogP contribution in [0.1, 0.15) is 30.3 Å². The summed E-state index contributed by atoms with van der Waals surface area (Å²) in [4.78, 5) is 6.88. The molecule has 0 aromatic carbocycles. The summed E-state index contributed by atoms with van der Waals surface area (Å²) in [7, 11) is 0. The van der Waals surface area contributed by atoms with E-state index in [0.717, 1.165) is 55.0 Å². The minimum Gasteiger partial charge on any atom is -0.458 e. The average molecular weight is 340 g/mol. The summed E-state index contributed by atoms with van der Waals surface area (Å²) in [6.07, 6.45) is 4.19. The number of furan rings is 1. The van der Waals surface area contributed by atoms with E-state index in [2.05, 4.69) is 31.2 Å². The zero-order chi connectivity index (χ0) is 17.2. The monoisotopic (exact) mass is 340 g/mol. The van der Waals surface area contributed by atoms with Crippen LogP contribution in [0.2, 0.25) is 0 Å². The summed E-state index contributed by atoms with van der Waals surface area (Å²) in [5, 5.41) is 11.4. The number of rotatable bonds is 5. The van der Waals surface area contributed by atoms with Gasteiger partial charge in [-0.1, -0.05) is 0 Å². The fraction of sp³-hybridized carbons (Fsp3) is 0.500. The molecule has 3 aromatic rings. The topological polar surface area (TPSA) is 75.8 Å². The Morgan fingerprint density at radius 3 is 2.96 bits per heavy atom. The van der Waals surface area contributed by atoms with Crippen LogP contribution >= 0.6 is 0 Å². The van der Waals surface area contributed by atoms with Gasteiger partial charge in [-0.2, -0.15) is 10.2 Å². The van der Waals surface area contributed by atoms with Crippen LogP contribution in [0.3, 0.4) is 0 Å². The number of aryl methyl sites for hydroxylation is 2. The number of aromatic amines is 1. The van der Waals surface area contributed by atoms with Crippen molar-refractivity contribution in [3.63, 3.8) is 0 Å². The Morgan fingerprint density at radius 2 is 2.20 bits per heavy atom. The maximum absolute atomic E-state index is 5.97. The number of piperidine rings is 1. The zero-order valence-electron chi connectivity index (χ0n) is 14.8. The predicted molar refractivity (Wildman–Crippen MR) is 93.8 cm³/mol. The van der Waals surface area contributed by atoms with Gasteiger partial charge in [0, 0.05) is 19.3 Å². The average Bonchev–Trinajstić information content (AvgIpc) is 3.30. The molecule has 7 heteroatoms. The Balaban J connectivity index is 1.37. The maximum atomic E-state index is 5.97. The summed E-state index contributed by atoms with van der Waals surface area (Å²) in [5.74, 6) is 4.31. The lowest BCUT2D eigenvalue weighted by molar-refractivity contribution is 0.144. The van der Waals surface area contributed by atoms with E-state index in [1.54, 1.807) is 6.20 Å². The SMILES string of the molecule is Cc1nc(C)n(CC2CCCN(Cc3ccc(-c4ccn[nH]4)o3)C2)n1. The highest BCUT2D eigenvalue weighted by Crippen LogP contribution is 2.24. The zero-order valence-corrected chi connectivity index (χ0v) is 14.8. The van der Waals surface area contributed by atoms with Gasteiger partial charge in [0.25, 0.3) is 0 Å². The summed E-state index contributed by atoms with van der Waals surface area (Å²) >= 11 is 0. The minimum absolute atomic E-state index is 0.607. The number of hydrogen-bond acceptors (Lipinski definition) is 5. The Morgan fingerprint density at radius 1 is 1.28 bits per heavy atom. The van der Waals surface area contributed by atoms with Gasteiger partial charge in [0.1, 0.15) is 23.1 Å². The molecule has 1 saturated heterocycles. The third-order valence-electron chi connectivity index (χ3n) is 4.80. The molecule has 0 saturated carbocycles. The first-order valence-corrected chi connectivity index (χ1v) is 8.86. The van der Waals surface area contributed by atoms with Crippen molar-refractivity contribution < 1.29 is 4.42 Å². The molecule has 1 N–H and O–H groups in total. The van der Waals surface area contributed by atoms with Gasteiger partial charge in [0.15, 0.2) is 5.76 Å². The third kappa shape index (κ3) is 3.66. The normalized spacial score (nSPS) is 18.7. The molecule has 0 radical (unpaired) electrons. The van der Waals surface area contributed by atoms with Crippen LogP contribution < -0.4 is 0 Å². The number of aromatic nitrogens is 5. The van der Waals surface area contributed by atoms with Gasteiger partial charge in [0.2, 0.25) is 0 Å². The molecule has 0 amide bonds. The van der Waals surface area contributed by atoms with E-state index in [1.165, 1.54) is 12.8 Å². The molecule has 132 valence electrons. The number of H-pyrrole nitrogens is 1. The number of nitrogens with one attached hydrogen (secondary N) is 1. The highest BCUT2D eigenvalue weighted by molar-refractivity contribution is 5.51. The number of nitrogens with zero attached hydrogens (tertiary/aromatic N) is 5. The van der Waals surface area contributed by atoms with E-state index in [4.69, 9.17) is 4.42 Å². The van der Waals surface area contributed by atoms with Gasteiger partial charge in [-0.15, -0.1) is 0 Å². The van der Waals surface area contributed by atoms with Crippen molar-refractivity contribution >= 4 is 0 Å².